The Morgan fingerprint density at radius 2 is 2.24 bits per heavy atom. The zero-order valence-corrected chi connectivity index (χ0v) is 13.3. The minimum Gasteiger partial charge on any atom is -0.382 e. The van der Waals surface area contributed by atoms with E-state index in [1.165, 1.54) is 11.3 Å². The number of carbonyl (C=O) groups excluding carboxylic acids is 1. The van der Waals surface area contributed by atoms with Gasteiger partial charge in [-0.1, -0.05) is 25.2 Å². The first-order chi connectivity index (χ1) is 10.0. The minimum atomic E-state index is -0.253. The Morgan fingerprint density at radius 3 is 2.90 bits per heavy atom. The summed E-state index contributed by atoms with van der Waals surface area (Å²) in [6, 6.07) is 0. The van der Waals surface area contributed by atoms with Crippen LogP contribution in [0.2, 0.25) is 0 Å². The quantitative estimate of drug-likeness (QED) is 0.759. The topological polar surface area (TPSA) is 97.9 Å². The number of aromatic nitrogens is 3. The lowest BCUT2D eigenvalue weighted by atomic mass is 10.3. The second-order valence-electron chi connectivity index (χ2n) is 4.63. The van der Waals surface area contributed by atoms with Crippen molar-refractivity contribution in [3.05, 3.63) is 16.8 Å². The van der Waals surface area contributed by atoms with E-state index in [1.807, 2.05) is 14.0 Å². The van der Waals surface area contributed by atoms with Crippen molar-refractivity contribution in [1.82, 2.24) is 14.8 Å². The van der Waals surface area contributed by atoms with E-state index in [9.17, 15) is 4.79 Å². The molecular formula is C13H20N6OS. The molecule has 0 spiro atoms. The summed E-state index contributed by atoms with van der Waals surface area (Å²) in [6.45, 7) is 4.86. The van der Waals surface area contributed by atoms with Gasteiger partial charge in [-0.25, -0.2) is 4.98 Å². The van der Waals surface area contributed by atoms with Crippen LogP contribution < -0.4 is 16.4 Å². The van der Waals surface area contributed by atoms with Crippen LogP contribution in [0.15, 0.2) is 6.20 Å². The second-order valence-corrected chi connectivity index (χ2v) is 5.63. The predicted molar refractivity (Wildman–Crippen MR) is 85.8 cm³/mol. The van der Waals surface area contributed by atoms with Crippen molar-refractivity contribution >= 4 is 33.9 Å². The summed E-state index contributed by atoms with van der Waals surface area (Å²) in [5.41, 5.74) is 7.38. The lowest BCUT2D eigenvalue weighted by molar-refractivity contribution is 0.103. The van der Waals surface area contributed by atoms with Gasteiger partial charge in [0.2, 0.25) is 0 Å². The molecule has 0 unspecified atom stereocenters. The smallest absolute Gasteiger partial charge is 0.269 e. The SMILES string of the molecule is CCCNc1nc(N)c(C(=O)Nc2cn(C)nc2CC)s1. The maximum absolute atomic E-state index is 12.3. The molecule has 0 aliphatic carbocycles. The van der Waals surface area contributed by atoms with Crippen molar-refractivity contribution in [3.63, 3.8) is 0 Å². The van der Waals surface area contributed by atoms with Gasteiger partial charge in [0.25, 0.3) is 5.91 Å². The lowest BCUT2D eigenvalue weighted by Crippen LogP contribution is -2.12. The van der Waals surface area contributed by atoms with Crippen molar-refractivity contribution in [2.24, 2.45) is 7.05 Å². The summed E-state index contributed by atoms with van der Waals surface area (Å²) in [4.78, 5) is 16.9. The van der Waals surface area contributed by atoms with E-state index in [4.69, 9.17) is 5.73 Å². The number of hydrogen-bond acceptors (Lipinski definition) is 6. The van der Waals surface area contributed by atoms with Gasteiger partial charge in [-0.3, -0.25) is 9.48 Å². The molecule has 0 radical (unpaired) electrons. The molecule has 1 amide bonds. The molecule has 2 rings (SSSR count). The zero-order valence-electron chi connectivity index (χ0n) is 12.4. The number of nitrogens with one attached hydrogen (secondary N) is 2. The van der Waals surface area contributed by atoms with E-state index in [-0.39, 0.29) is 11.7 Å². The van der Waals surface area contributed by atoms with Crippen LogP contribution in [0.5, 0.6) is 0 Å². The fourth-order valence-electron chi connectivity index (χ4n) is 1.88. The van der Waals surface area contributed by atoms with Crippen LogP contribution >= 0.6 is 11.3 Å². The first kappa shape index (κ1) is 15.3. The summed E-state index contributed by atoms with van der Waals surface area (Å²) in [6.07, 6.45) is 3.51. The third kappa shape index (κ3) is 3.52. The molecule has 114 valence electrons. The lowest BCUT2D eigenvalue weighted by Gasteiger charge is -2.02. The molecule has 4 N–H and O–H groups in total. The van der Waals surface area contributed by atoms with Gasteiger partial charge < -0.3 is 16.4 Å². The number of amides is 1. The molecule has 21 heavy (non-hydrogen) atoms. The molecule has 0 atom stereocenters. The average molecular weight is 308 g/mol. The maximum Gasteiger partial charge on any atom is 0.269 e. The van der Waals surface area contributed by atoms with Gasteiger partial charge in [-0.05, 0) is 12.8 Å². The number of anilines is 3. The van der Waals surface area contributed by atoms with Crippen LogP contribution in [-0.2, 0) is 13.5 Å². The summed E-state index contributed by atoms with van der Waals surface area (Å²) in [5, 5.41) is 10.9. The van der Waals surface area contributed by atoms with Gasteiger partial charge in [0, 0.05) is 19.8 Å². The highest BCUT2D eigenvalue weighted by Crippen LogP contribution is 2.26. The molecule has 7 nitrogen and oxygen atoms in total. The van der Waals surface area contributed by atoms with Crippen LogP contribution in [0.1, 0.15) is 35.6 Å². The van der Waals surface area contributed by atoms with Crippen LogP contribution in [0.4, 0.5) is 16.6 Å². The van der Waals surface area contributed by atoms with Crippen LogP contribution in [0.25, 0.3) is 0 Å². The monoisotopic (exact) mass is 308 g/mol. The Balaban J connectivity index is 2.14. The highest BCUT2D eigenvalue weighted by Gasteiger charge is 2.18. The number of aryl methyl sites for hydroxylation is 2. The zero-order chi connectivity index (χ0) is 15.4. The van der Waals surface area contributed by atoms with E-state index >= 15 is 0 Å². The van der Waals surface area contributed by atoms with Crippen LogP contribution in [0, 0.1) is 0 Å². The largest absolute Gasteiger partial charge is 0.382 e. The number of rotatable bonds is 6. The Labute approximate surface area is 127 Å². The first-order valence-corrected chi connectivity index (χ1v) is 7.70. The van der Waals surface area contributed by atoms with Crippen LogP contribution in [0.3, 0.4) is 0 Å². The van der Waals surface area contributed by atoms with Gasteiger partial charge in [-0.15, -0.1) is 0 Å². The molecule has 0 aliphatic heterocycles. The highest BCUT2D eigenvalue weighted by atomic mass is 32.1. The molecule has 8 heteroatoms. The predicted octanol–water partition coefficient (Wildman–Crippen LogP) is 2.10. The van der Waals surface area contributed by atoms with Crippen LogP contribution in [-0.4, -0.2) is 27.2 Å². The summed E-state index contributed by atoms with van der Waals surface area (Å²) in [7, 11) is 1.82. The summed E-state index contributed by atoms with van der Waals surface area (Å²) < 4.78 is 1.68. The van der Waals surface area contributed by atoms with Gasteiger partial charge in [0.15, 0.2) is 5.13 Å². The van der Waals surface area contributed by atoms with Crippen molar-refractivity contribution < 1.29 is 4.79 Å². The Morgan fingerprint density at radius 1 is 1.48 bits per heavy atom. The van der Waals surface area contributed by atoms with E-state index < -0.39 is 0 Å². The third-order valence-electron chi connectivity index (χ3n) is 2.87. The van der Waals surface area contributed by atoms with Gasteiger partial charge in [0.1, 0.15) is 10.7 Å². The number of nitrogens with two attached hydrogens (primary N) is 1. The Kier molecular flexibility index (Phi) is 4.79. The van der Waals surface area contributed by atoms with Gasteiger partial charge >= 0.3 is 0 Å². The van der Waals surface area contributed by atoms with Gasteiger partial charge in [-0.2, -0.15) is 5.10 Å². The fourth-order valence-corrected chi connectivity index (χ4v) is 2.69. The first-order valence-electron chi connectivity index (χ1n) is 6.89. The van der Waals surface area contributed by atoms with E-state index in [1.54, 1.807) is 10.9 Å². The molecule has 0 fully saturated rings. The number of hydrogen-bond donors (Lipinski definition) is 3. The molecule has 0 saturated carbocycles. The van der Waals surface area contributed by atoms with E-state index in [2.05, 4.69) is 27.6 Å². The van der Waals surface area contributed by atoms with Gasteiger partial charge in [0.05, 0.1) is 11.4 Å². The molecule has 2 heterocycles. The minimum absolute atomic E-state index is 0.248. The number of carbonyl (C=O) groups is 1. The van der Waals surface area contributed by atoms with Crippen molar-refractivity contribution in [1.29, 1.82) is 0 Å². The molecular weight excluding hydrogens is 288 g/mol. The van der Waals surface area contributed by atoms with Crippen molar-refractivity contribution in [3.8, 4) is 0 Å². The second kappa shape index (κ2) is 6.57. The summed E-state index contributed by atoms with van der Waals surface area (Å²) in [5.74, 6) is -0.00436. The van der Waals surface area contributed by atoms with E-state index in [0.29, 0.717) is 15.7 Å². The number of nitrogens with zero attached hydrogens (tertiary/aromatic N) is 3. The fraction of sp³-hybridized carbons (Fsp3) is 0.462. The normalized spacial score (nSPS) is 10.6. The van der Waals surface area contributed by atoms with Crippen molar-refractivity contribution in [2.75, 3.05) is 22.9 Å². The standard InChI is InChI=1S/C13H20N6OS/c1-4-6-15-13-17-11(14)10(21-13)12(20)16-9-7-19(3)18-8(9)5-2/h7H,4-6,14H2,1-3H3,(H,15,17)(H,16,20). The molecule has 0 aliphatic rings. The van der Waals surface area contributed by atoms with E-state index in [0.717, 1.165) is 25.1 Å². The Hall–Kier alpha value is -2.09. The van der Waals surface area contributed by atoms with Crippen molar-refractivity contribution in [2.45, 2.75) is 26.7 Å². The summed E-state index contributed by atoms with van der Waals surface area (Å²) >= 11 is 1.26. The molecule has 0 aromatic carbocycles. The molecule has 2 aromatic rings. The molecule has 2 aromatic heterocycles. The number of nitrogen functional groups attached to an aromatic ring is 1. The third-order valence-corrected chi connectivity index (χ3v) is 3.90. The molecule has 0 saturated heterocycles. The maximum atomic E-state index is 12.3. The Bertz CT molecular complexity index is 633. The average Bonchev–Trinajstić information content (AvgIpc) is 2.99. The highest BCUT2D eigenvalue weighted by molar-refractivity contribution is 7.18. The number of thiazole rings is 1. The molecule has 0 bridgehead atoms.